The van der Waals surface area contributed by atoms with Crippen molar-refractivity contribution in [3.8, 4) is 0 Å². The number of nitrogens with one attached hydrogen (secondary N) is 1. The largest absolute Gasteiger partial charge is 0.373 e. The highest BCUT2D eigenvalue weighted by atomic mass is 32.2. The van der Waals surface area contributed by atoms with Gasteiger partial charge in [0.25, 0.3) is 0 Å². The van der Waals surface area contributed by atoms with Crippen LogP contribution < -0.4 is 5.32 Å². The summed E-state index contributed by atoms with van der Waals surface area (Å²) in [5, 5.41) is 2.82. The van der Waals surface area contributed by atoms with Gasteiger partial charge in [0.1, 0.15) is 0 Å². The van der Waals surface area contributed by atoms with Gasteiger partial charge in [-0.15, -0.1) is 0 Å². The van der Waals surface area contributed by atoms with Gasteiger partial charge < -0.3 is 10.1 Å². The van der Waals surface area contributed by atoms with E-state index in [2.05, 4.69) is 5.32 Å². The molecule has 0 radical (unpaired) electrons. The van der Waals surface area contributed by atoms with E-state index in [0.29, 0.717) is 31.6 Å². The number of aryl methyl sites for hydroxylation is 1. The van der Waals surface area contributed by atoms with Crippen LogP contribution >= 0.6 is 0 Å². The molecule has 28 heavy (non-hydrogen) atoms. The van der Waals surface area contributed by atoms with Crippen LogP contribution in [0, 0.1) is 0 Å². The summed E-state index contributed by atoms with van der Waals surface area (Å²) < 4.78 is 32.8. The van der Waals surface area contributed by atoms with Gasteiger partial charge in [0.2, 0.25) is 15.9 Å². The topological polar surface area (TPSA) is 75.7 Å². The monoisotopic (exact) mass is 402 g/mol. The minimum Gasteiger partial charge on any atom is -0.373 e. The van der Waals surface area contributed by atoms with Gasteiger partial charge in [0, 0.05) is 25.2 Å². The van der Waals surface area contributed by atoms with Gasteiger partial charge in [-0.25, -0.2) is 8.42 Å². The van der Waals surface area contributed by atoms with Crippen LogP contribution in [0.25, 0.3) is 0 Å². The summed E-state index contributed by atoms with van der Waals surface area (Å²) in [4.78, 5) is 12.4. The molecule has 1 heterocycles. The van der Waals surface area contributed by atoms with Crippen molar-refractivity contribution in [2.24, 2.45) is 0 Å². The van der Waals surface area contributed by atoms with Crippen molar-refractivity contribution in [3.05, 3.63) is 60.2 Å². The van der Waals surface area contributed by atoms with E-state index in [9.17, 15) is 13.2 Å². The average Bonchev–Trinajstić information content (AvgIpc) is 2.67. The van der Waals surface area contributed by atoms with Crippen molar-refractivity contribution < 1.29 is 17.9 Å². The first-order chi connectivity index (χ1) is 13.3. The molecule has 1 N–H and O–H groups in total. The number of nitrogens with zero attached hydrogens (tertiary/aromatic N) is 1. The maximum absolute atomic E-state index is 12.9. The number of anilines is 1. The molecule has 2 aromatic rings. The van der Waals surface area contributed by atoms with Crippen LogP contribution in [-0.4, -0.2) is 43.9 Å². The Kier molecular flexibility index (Phi) is 6.49. The molecule has 1 saturated heterocycles. The van der Waals surface area contributed by atoms with E-state index in [1.54, 1.807) is 12.1 Å². The maximum Gasteiger partial charge on any atom is 0.243 e. The smallest absolute Gasteiger partial charge is 0.243 e. The fourth-order valence-electron chi connectivity index (χ4n) is 3.31. The number of hydrogen-bond acceptors (Lipinski definition) is 4. The molecule has 0 saturated carbocycles. The highest BCUT2D eigenvalue weighted by molar-refractivity contribution is 7.89. The molecule has 2 aromatic carbocycles. The number of carbonyl (C=O) groups excluding carboxylic acids is 1. The van der Waals surface area contributed by atoms with Crippen molar-refractivity contribution in [3.63, 3.8) is 0 Å². The van der Waals surface area contributed by atoms with E-state index in [1.807, 2.05) is 44.2 Å². The average molecular weight is 403 g/mol. The second kappa shape index (κ2) is 8.86. The van der Waals surface area contributed by atoms with Crippen LogP contribution in [0.1, 0.15) is 25.8 Å². The van der Waals surface area contributed by atoms with Gasteiger partial charge in [-0.05, 0) is 50.1 Å². The lowest BCUT2D eigenvalue weighted by atomic mass is 10.1. The van der Waals surface area contributed by atoms with Crippen LogP contribution in [-0.2, 0) is 26.0 Å². The van der Waals surface area contributed by atoms with Crippen molar-refractivity contribution in [1.82, 2.24) is 4.31 Å². The van der Waals surface area contributed by atoms with Crippen molar-refractivity contribution >= 4 is 21.6 Å². The Balaban J connectivity index is 1.60. The SMILES string of the molecule is CC1CN(S(=O)(=O)c2ccc(NC(=O)CCc3ccccc3)cc2)CC(C)O1. The molecule has 1 aliphatic rings. The molecule has 150 valence electrons. The number of hydrogen-bond donors (Lipinski definition) is 1. The molecule has 6 nitrogen and oxygen atoms in total. The Morgan fingerprint density at radius 2 is 1.64 bits per heavy atom. The third kappa shape index (κ3) is 5.19. The van der Waals surface area contributed by atoms with E-state index >= 15 is 0 Å². The second-order valence-corrected chi connectivity index (χ2v) is 9.08. The summed E-state index contributed by atoms with van der Waals surface area (Å²) in [6.07, 6.45) is 0.753. The lowest BCUT2D eigenvalue weighted by molar-refractivity contribution is -0.116. The number of carbonyl (C=O) groups is 1. The van der Waals surface area contributed by atoms with Crippen LogP contribution in [0.15, 0.2) is 59.5 Å². The van der Waals surface area contributed by atoms with Crippen LogP contribution in [0.4, 0.5) is 5.69 Å². The van der Waals surface area contributed by atoms with Crippen molar-refractivity contribution in [1.29, 1.82) is 0 Å². The molecule has 2 unspecified atom stereocenters. The first-order valence-electron chi connectivity index (χ1n) is 9.44. The molecular formula is C21H26N2O4S. The number of benzene rings is 2. The van der Waals surface area contributed by atoms with Crippen molar-refractivity contribution in [2.45, 2.75) is 43.8 Å². The molecule has 3 rings (SSSR count). The number of amides is 1. The van der Waals surface area contributed by atoms with Gasteiger partial charge >= 0.3 is 0 Å². The molecule has 0 bridgehead atoms. The minimum atomic E-state index is -3.58. The summed E-state index contributed by atoms with van der Waals surface area (Å²) in [7, 11) is -3.58. The van der Waals surface area contributed by atoms with Gasteiger partial charge in [-0.1, -0.05) is 30.3 Å². The predicted octanol–water partition coefficient (Wildman–Crippen LogP) is 3.06. The zero-order valence-electron chi connectivity index (χ0n) is 16.2. The Morgan fingerprint density at radius 3 is 2.25 bits per heavy atom. The number of morpholine rings is 1. The third-order valence-corrected chi connectivity index (χ3v) is 6.49. The first-order valence-corrected chi connectivity index (χ1v) is 10.9. The molecule has 0 spiro atoms. The molecule has 7 heteroatoms. The molecule has 1 aliphatic heterocycles. The summed E-state index contributed by atoms with van der Waals surface area (Å²) >= 11 is 0. The second-order valence-electron chi connectivity index (χ2n) is 7.14. The lowest BCUT2D eigenvalue weighted by Gasteiger charge is -2.34. The highest BCUT2D eigenvalue weighted by Gasteiger charge is 2.32. The summed E-state index contributed by atoms with van der Waals surface area (Å²) in [6.45, 7) is 4.41. The molecule has 1 fully saturated rings. The van der Waals surface area contributed by atoms with Crippen LogP contribution in [0.2, 0.25) is 0 Å². The minimum absolute atomic E-state index is 0.102. The first kappa shape index (κ1) is 20.5. The standard InChI is InChI=1S/C21H26N2O4S/c1-16-14-23(15-17(2)27-16)28(25,26)20-11-9-19(10-12-20)22-21(24)13-8-18-6-4-3-5-7-18/h3-7,9-12,16-17H,8,13-15H2,1-2H3,(H,22,24). The Hall–Kier alpha value is -2.22. The fourth-order valence-corrected chi connectivity index (χ4v) is 4.90. The molecule has 0 aromatic heterocycles. The van der Waals surface area contributed by atoms with E-state index in [0.717, 1.165) is 5.56 Å². The quantitative estimate of drug-likeness (QED) is 0.806. The molecular weight excluding hydrogens is 376 g/mol. The zero-order chi connectivity index (χ0) is 20.1. The summed E-state index contributed by atoms with van der Waals surface area (Å²) in [5.74, 6) is -0.102. The van der Waals surface area contributed by atoms with E-state index < -0.39 is 10.0 Å². The Morgan fingerprint density at radius 1 is 1.04 bits per heavy atom. The maximum atomic E-state index is 12.9. The molecule has 1 amide bonds. The molecule has 2 atom stereocenters. The summed E-state index contributed by atoms with van der Waals surface area (Å²) in [5.41, 5.74) is 1.69. The van der Waals surface area contributed by atoms with E-state index in [1.165, 1.54) is 16.4 Å². The lowest BCUT2D eigenvalue weighted by Crippen LogP contribution is -2.48. The summed E-state index contributed by atoms with van der Waals surface area (Å²) in [6, 6.07) is 16.1. The molecule has 0 aliphatic carbocycles. The zero-order valence-corrected chi connectivity index (χ0v) is 17.0. The fraction of sp³-hybridized carbons (Fsp3) is 0.381. The predicted molar refractivity (Wildman–Crippen MR) is 109 cm³/mol. The Bertz CT molecular complexity index is 888. The van der Waals surface area contributed by atoms with Gasteiger partial charge in [0.15, 0.2) is 0 Å². The normalized spacial score (nSPS) is 20.6. The number of rotatable bonds is 6. The Labute approximate surface area is 166 Å². The number of sulfonamides is 1. The van der Waals surface area contributed by atoms with E-state index in [-0.39, 0.29) is 23.0 Å². The van der Waals surface area contributed by atoms with Crippen LogP contribution in [0.5, 0.6) is 0 Å². The van der Waals surface area contributed by atoms with Crippen molar-refractivity contribution in [2.75, 3.05) is 18.4 Å². The van der Waals surface area contributed by atoms with Gasteiger partial charge in [-0.3, -0.25) is 4.79 Å². The highest BCUT2D eigenvalue weighted by Crippen LogP contribution is 2.22. The third-order valence-electron chi connectivity index (χ3n) is 4.65. The van der Waals surface area contributed by atoms with Gasteiger partial charge in [0.05, 0.1) is 17.1 Å². The number of ether oxygens (including phenoxy) is 1. The van der Waals surface area contributed by atoms with Crippen LogP contribution in [0.3, 0.4) is 0 Å². The van der Waals surface area contributed by atoms with Gasteiger partial charge in [-0.2, -0.15) is 4.31 Å². The van der Waals surface area contributed by atoms with E-state index in [4.69, 9.17) is 4.74 Å².